The van der Waals surface area contributed by atoms with Crippen LogP contribution in [0.3, 0.4) is 0 Å². The quantitative estimate of drug-likeness (QED) is 0.236. The number of aromatic amines is 1. The van der Waals surface area contributed by atoms with Crippen molar-refractivity contribution >= 4 is 33.4 Å². The summed E-state index contributed by atoms with van der Waals surface area (Å²) in [5.41, 5.74) is 1.95. The van der Waals surface area contributed by atoms with Gasteiger partial charge in [-0.2, -0.15) is 18.4 Å². The molecule has 214 valence electrons. The molecule has 0 saturated carbocycles. The Morgan fingerprint density at radius 2 is 1.80 bits per heavy atom. The molecule has 0 aliphatic heterocycles. The molecule has 3 rings (SSSR count). The first-order valence-corrected chi connectivity index (χ1v) is 13.7. The second kappa shape index (κ2) is 14.6. The molecule has 0 aliphatic carbocycles. The molecule has 0 saturated heterocycles. The molecular weight excluding hydrogens is 573 g/mol. The summed E-state index contributed by atoms with van der Waals surface area (Å²) in [6.07, 6.45) is -0.120. The fraction of sp³-hybridized carbons (Fsp3) is 0.308. The first-order valence-electron chi connectivity index (χ1n) is 11.9. The number of halogens is 4. The van der Waals surface area contributed by atoms with Crippen LogP contribution in [0.4, 0.5) is 13.2 Å². The first-order chi connectivity index (χ1) is 18.7. The summed E-state index contributed by atoms with van der Waals surface area (Å²) in [6, 6.07) is 14.4. The number of hydrogen-bond acceptors (Lipinski definition) is 6. The van der Waals surface area contributed by atoms with Crippen LogP contribution in [0, 0.1) is 11.3 Å². The summed E-state index contributed by atoms with van der Waals surface area (Å²) in [5, 5.41) is 16.7. The van der Waals surface area contributed by atoms with Crippen LogP contribution in [-0.4, -0.2) is 41.4 Å². The zero-order chi connectivity index (χ0) is 29.9. The molecule has 1 aromatic heterocycles. The number of alkyl halides is 3. The lowest BCUT2D eigenvalue weighted by atomic mass is 10.1. The Balaban J connectivity index is 0.000000708. The van der Waals surface area contributed by atoms with Crippen molar-refractivity contribution in [1.82, 2.24) is 14.7 Å². The van der Waals surface area contributed by atoms with Gasteiger partial charge in [0.05, 0.1) is 34.5 Å². The number of carbonyl (C=O) groups excluding carboxylic acids is 1. The number of sulfonamides is 1. The van der Waals surface area contributed by atoms with Crippen LogP contribution < -0.4 is 4.72 Å². The van der Waals surface area contributed by atoms with Crippen molar-refractivity contribution in [3.05, 3.63) is 71.1 Å². The normalized spacial score (nSPS) is 12.1. The number of hydrogen-bond donors (Lipinski definition) is 3. The third kappa shape index (κ3) is 10.4. The number of carbonyl (C=O) groups is 2. The van der Waals surface area contributed by atoms with E-state index in [1.165, 1.54) is 24.3 Å². The molecule has 0 aliphatic rings. The Kier molecular flexibility index (Phi) is 11.9. The van der Waals surface area contributed by atoms with E-state index in [1.807, 2.05) is 18.2 Å². The van der Waals surface area contributed by atoms with E-state index in [9.17, 15) is 26.4 Å². The van der Waals surface area contributed by atoms with Crippen molar-refractivity contribution in [2.24, 2.45) is 0 Å². The minimum absolute atomic E-state index is 0.0738. The number of imidazole rings is 1. The lowest BCUT2D eigenvalue weighted by molar-refractivity contribution is -0.192. The van der Waals surface area contributed by atoms with Crippen LogP contribution >= 0.6 is 11.6 Å². The average Bonchev–Trinajstić information content (AvgIpc) is 3.38. The topological polar surface area (TPSA) is 153 Å². The highest BCUT2D eigenvalue weighted by molar-refractivity contribution is 7.89. The third-order valence-corrected chi connectivity index (χ3v) is 7.14. The summed E-state index contributed by atoms with van der Waals surface area (Å²) >= 11 is 6.09. The highest BCUT2D eigenvalue weighted by atomic mass is 35.5. The average molecular weight is 599 g/mol. The molecule has 9 nitrogen and oxygen atoms in total. The van der Waals surface area contributed by atoms with Crippen LogP contribution in [0.1, 0.15) is 56.5 Å². The van der Waals surface area contributed by atoms with E-state index < -0.39 is 28.2 Å². The van der Waals surface area contributed by atoms with Crippen LogP contribution in [0.5, 0.6) is 0 Å². The number of nitriles is 1. The largest absolute Gasteiger partial charge is 0.490 e. The van der Waals surface area contributed by atoms with Crippen molar-refractivity contribution in [3.8, 4) is 17.3 Å². The summed E-state index contributed by atoms with van der Waals surface area (Å²) in [7, 11) is -3.85. The molecule has 1 atom stereocenters. The Morgan fingerprint density at radius 1 is 1.15 bits per heavy atom. The van der Waals surface area contributed by atoms with Crippen molar-refractivity contribution in [2.75, 3.05) is 0 Å². The Morgan fingerprint density at radius 3 is 2.35 bits per heavy atom. The van der Waals surface area contributed by atoms with Gasteiger partial charge >= 0.3 is 12.1 Å². The molecule has 0 fully saturated rings. The summed E-state index contributed by atoms with van der Waals surface area (Å²) < 4.78 is 60.5. The van der Waals surface area contributed by atoms with E-state index >= 15 is 0 Å². The van der Waals surface area contributed by atoms with E-state index in [-0.39, 0.29) is 10.7 Å². The van der Waals surface area contributed by atoms with Crippen molar-refractivity contribution in [2.45, 2.75) is 56.1 Å². The number of rotatable bonds is 11. The number of benzene rings is 2. The number of nitrogens with zero attached hydrogens (tertiary/aromatic N) is 2. The van der Waals surface area contributed by atoms with E-state index in [0.29, 0.717) is 29.3 Å². The highest BCUT2D eigenvalue weighted by Gasteiger charge is 2.38. The van der Waals surface area contributed by atoms with Gasteiger partial charge in [-0.1, -0.05) is 36.6 Å². The van der Waals surface area contributed by atoms with Gasteiger partial charge in [0.25, 0.3) is 0 Å². The van der Waals surface area contributed by atoms with E-state index in [2.05, 4.69) is 14.7 Å². The number of nitrogens with one attached hydrogen (secondary N) is 2. The number of aliphatic carboxylic acids is 1. The second-order valence-corrected chi connectivity index (χ2v) is 10.8. The molecule has 2 aromatic carbocycles. The SMILES string of the molecule is CC(=O)CCCCC[C@H](NS(=O)(=O)c1ccc(C#N)cc1)c1ncc(-c2cccc(Cl)c2)[nH]1.O=C(O)C(F)(F)F. The number of aromatic nitrogens is 2. The zero-order valence-corrected chi connectivity index (χ0v) is 22.8. The number of ketones is 1. The van der Waals surface area contributed by atoms with Gasteiger partial charge in [0.2, 0.25) is 10.0 Å². The molecule has 0 bridgehead atoms. The summed E-state index contributed by atoms with van der Waals surface area (Å²) in [4.78, 5) is 27.8. The van der Waals surface area contributed by atoms with Gasteiger partial charge in [0.1, 0.15) is 11.6 Å². The monoisotopic (exact) mass is 598 g/mol. The molecule has 3 aromatic rings. The van der Waals surface area contributed by atoms with E-state index in [1.54, 1.807) is 25.3 Å². The molecule has 0 radical (unpaired) electrons. The van der Waals surface area contributed by atoms with Gasteiger partial charge in [-0.05, 0) is 56.2 Å². The van der Waals surface area contributed by atoms with Gasteiger partial charge in [0.15, 0.2) is 0 Å². The number of unbranched alkanes of at least 4 members (excludes halogenated alkanes) is 2. The molecule has 3 N–H and O–H groups in total. The maximum Gasteiger partial charge on any atom is 0.490 e. The third-order valence-electron chi connectivity index (χ3n) is 5.42. The number of H-pyrrole nitrogens is 1. The minimum Gasteiger partial charge on any atom is -0.475 e. The first kappa shape index (κ1) is 32.5. The van der Waals surface area contributed by atoms with Crippen molar-refractivity contribution < 1.29 is 36.3 Å². The fourth-order valence-electron chi connectivity index (χ4n) is 3.43. The number of carboxylic acid groups (broad SMARTS) is 1. The van der Waals surface area contributed by atoms with Gasteiger partial charge in [-0.3, -0.25) is 0 Å². The van der Waals surface area contributed by atoms with E-state index in [4.69, 9.17) is 26.8 Å². The van der Waals surface area contributed by atoms with Crippen LogP contribution in [0.25, 0.3) is 11.3 Å². The smallest absolute Gasteiger partial charge is 0.475 e. The lowest BCUT2D eigenvalue weighted by Crippen LogP contribution is -2.29. The molecular formula is C26H26ClF3N4O5S. The fourth-order valence-corrected chi connectivity index (χ4v) is 4.86. The maximum atomic E-state index is 13.0. The summed E-state index contributed by atoms with van der Waals surface area (Å²) in [6.45, 7) is 1.56. The highest BCUT2D eigenvalue weighted by Crippen LogP contribution is 2.26. The molecule has 14 heteroatoms. The minimum atomic E-state index is -5.08. The van der Waals surface area contributed by atoms with Gasteiger partial charge in [-0.15, -0.1) is 0 Å². The van der Waals surface area contributed by atoms with Crippen molar-refractivity contribution in [3.63, 3.8) is 0 Å². The van der Waals surface area contributed by atoms with Gasteiger partial charge in [-0.25, -0.2) is 22.9 Å². The van der Waals surface area contributed by atoms with E-state index in [0.717, 1.165) is 30.5 Å². The number of carboxylic acids is 1. The van der Waals surface area contributed by atoms with Crippen molar-refractivity contribution in [1.29, 1.82) is 5.26 Å². The molecule has 0 amide bonds. The molecule has 0 spiro atoms. The standard InChI is InChI=1S/C24H25ClN4O3S.C2HF3O2/c1-17(30)6-3-2-4-9-22(29-33(31,32)21-12-10-18(15-26)11-13-21)24-27-16-23(28-24)19-7-5-8-20(25)14-19;3-2(4,5)1(6)7/h5,7-8,10-14,16,22,29H,2-4,6,9H2,1H3,(H,27,28);(H,6,7)/t22-;/m0./s1. The van der Waals surface area contributed by atoms with Crippen LogP contribution in [0.2, 0.25) is 5.02 Å². The Bertz CT molecular complexity index is 1450. The predicted molar refractivity (Wildman–Crippen MR) is 141 cm³/mol. The second-order valence-electron chi connectivity index (χ2n) is 8.61. The Labute approximate surface area is 234 Å². The van der Waals surface area contributed by atoms with Crippen LogP contribution in [0.15, 0.2) is 59.6 Å². The lowest BCUT2D eigenvalue weighted by Gasteiger charge is -2.17. The van der Waals surface area contributed by atoms with Gasteiger partial charge < -0.3 is 14.9 Å². The predicted octanol–water partition coefficient (Wildman–Crippen LogP) is 5.79. The summed E-state index contributed by atoms with van der Waals surface area (Å²) in [5.74, 6) is -2.12. The zero-order valence-electron chi connectivity index (χ0n) is 21.2. The molecule has 0 unspecified atom stereocenters. The molecule has 1 heterocycles. The number of Topliss-reactive ketones (excluding diaryl/α,β-unsaturated/α-hetero) is 1. The molecule has 40 heavy (non-hydrogen) atoms. The maximum absolute atomic E-state index is 13.0. The Hall–Kier alpha value is -3.73. The van der Waals surface area contributed by atoms with Gasteiger partial charge in [0, 0.05) is 17.0 Å². The van der Waals surface area contributed by atoms with Crippen LogP contribution in [-0.2, 0) is 19.6 Å².